The third-order valence-electron chi connectivity index (χ3n) is 2.07. The van der Waals surface area contributed by atoms with Gasteiger partial charge in [0, 0.05) is 28.5 Å². The van der Waals surface area contributed by atoms with Gasteiger partial charge < -0.3 is 9.84 Å². The topological polar surface area (TPSA) is 42.4 Å². The molecule has 82 valence electrons. The maximum atomic E-state index is 9.27. The Morgan fingerprint density at radius 2 is 2.19 bits per heavy atom. The van der Waals surface area contributed by atoms with Gasteiger partial charge in [0.05, 0.1) is 0 Å². The van der Waals surface area contributed by atoms with E-state index in [2.05, 4.69) is 20.9 Å². The van der Waals surface area contributed by atoms with Crippen LogP contribution in [-0.2, 0) is 6.61 Å². The van der Waals surface area contributed by atoms with Gasteiger partial charge in [0.15, 0.2) is 0 Å². The largest absolute Gasteiger partial charge is 0.508 e. The van der Waals surface area contributed by atoms with E-state index in [4.69, 9.17) is 4.74 Å². The number of rotatable bonds is 3. The van der Waals surface area contributed by atoms with Crippen LogP contribution in [0.25, 0.3) is 0 Å². The van der Waals surface area contributed by atoms with E-state index in [1.54, 1.807) is 36.7 Å². The second-order valence-corrected chi connectivity index (χ2v) is 4.11. The molecule has 0 spiro atoms. The molecule has 0 fully saturated rings. The number of phenolic OH excluding ortho intramolecular Hbond substituents is 1. The minimum atomic E-state index is 0.200. The zero-order valence-corrected chi connectivity index (χ0v) is 10.0. The van der Waals surface area contributed by atoms with Crippen LogP contribution < -0.4 is 4.74 Å². The average molecular weight is 280 g/mol. The van der Waals surface area contributed by atoms with Crippen LogP contribution in [-0.4, -0.2) is 10.1 Å². The van der Waals surface area contributed by atoms with Crippen LogP contribution in [0, 0.1) is 0 Å². The number of halogens is 1. The Morgan fingerprint density at radius 1 is 1.31 bits per heavy atom. The summed E-state index contributed by atoms with van der Waals surface area (Å²) in [5, 5.41) is 9.27. The molecule has 0 saturated heterocycles. The lowest BCUT2D eigenvalue weighted by Crippen LogP contribution is -1.96. The van der Waals surface area contributed by atoms with E-state index in [-0.39, 0.29) is 5.75 Å². The van der Waals surface area contributed by atoms with Crippen molar-refractivity contribution in [2.24, 2.45) is 0 Å². The molecule has 2 aromatic rings. The number of phenols is 1. The summed E-state index contributed by atoms with van der Waals surface area (Å²) in [5.74, 6) is 0.843. The molecule has 16 heavy (non-hydrogen) atoms. The van der Waals surface area contributed by atoms with Gasteiger partial charge in [-0.3, -0.25) is 4.98 Å². The smallest absolute Gasteiger partial charge is 0.123 e. The van der Waals surface area contributed by atoms with Crippen molar-refractivity contribution < 1.29 is 9.84 Å². The van der Waals surface area contributed by atoms with E-state index in [0.29, 0.717) is 12.4 Å². The first-order chi connectivity index (χ1) is 7.75. The van der Waals surface area contributed by atoms with Crippen molar-refractivity contribution in [1.82, 2.24) is 4.98 Å². The SMILES string of the molecule is Oc1cccc(OCc2ccncc2Br)c1. The van der Waals surface area contributed by atoms with Crippen molar-refractivity contribution in [3.05, 3.63) is 52.8 Å². The lowest BCUT2D eigenvalue weighted by Gasteiger charge is -2.07. The lowest BCUT2D eigenvalue weighted by molar-refractivity contribution is 0.303. The fourth-order valence-corrected chi connectivity index (χ4v) is 1.62. The minimum Gasteiger partial charge on any atom is -0.508 e. The second kappa shape index (κ2) is 4.99. The van der Waals surface area contributed by atoms with Gasteiger partial charge in [0.2, 0.25) is 0 Å². The Labute approximate surface area is 102 Å². The van der Waals surface area contributed by atoms with Gasteiger partial charge in [0.25, 0.3) is 0 Å². The standard InChI is InChI=1S/C12H10BrNO2/c13-12-7-14-5-4-9(12)8-16-11-3-1-2-10(15)6-11/h1-7,15H,8H2. The van der Waals surface area contributed by atoms with Crippen LogP contribution in [0.3, 0.4) is 0 Å². The summed E-state index contributed by atoms with van der Waals surface area (Å²) in [7, 11) is 0. The van der Waals surface area contributed by atoms with Crippen molar-refractivity contribution in [3.63, 3.8) is 0 Å². The quantitative estimate of drug-likeness (QED) is 0.939. The molecule has 3 nitrogen and oxygen atoms in total. The molecular weight excluding hydrogens is 270 g/mol. The molecule has 0 amide bonds. The molecule has 0 aliphatic heterocycles. The second-order valence-electron chi connectivity index (χ2n) is 3.25. The maximum Gasteiger partial charge on any atom is 0.123 e. The number of aromatic hydroxyl groups is 1. The van der Waals surface area contributed by atoms with E-state index in [1.165, 1.54) is 0 Å². The molecule has 1 N–H and O–H groups in total. The van der Waals surface area contributed by atoms with Crippen LogP contribution >= 0.6 is 15.9 Å². The number of nitrogens with zero attached hydrogens (tertiary/aromatic N) is 1. The zero-order chi connectivity index (χ0) is 11.4. The van der Waals surface area contributed by atoms with Crippen LogP contribution in [0.2, 0.25) is 0 Å². The van der Waals surface area contributed by atoms with E-state index < -0.39 is 0 Å². The fourth-order valence-electron chi connectivity index (χ4n) is 1.26. The van der Waals surface area contributed by atoms with Gasteiger partial charge >= 0.3 is 0 Å². The number of benzene rings is 1. The predicted octanol–water partition coefficient (Wildman–Crippen LogP) is 3.13. The summed E-state index contributed by atoms with van der Waals surface area (Å²) in [6.45, 7) is 0.437. The molecule has 0 radical (unpaired) electrons. The Bertz CT molecular complexity index is 488. The van der Waals surface area contributed by atoms with Gasteiger partial charge in [-0.1, -0.05) is 6.07 Å². The van der Waals surface area contributed by atoms with Crippen LogP contribution in [0.1, 0.15) is 5.56 Å². The van der Waals surface area contributed by atoms with Crippen molar-refractivity contribution in [2.75, 3.05) is 0 Å². The van der Waals surface area contributed by atoms with Gasteiger partial charge in [-0.15, -0.1) is 0 Å². The first-order valence-electron chi connectivity index (χ1n) is 4.76. The molecule has 1 aromatic heterocycles. The maximum absolute atomic E-state index is 9.27. The summed E-state index contributed by atoms with van der Waals surface area (Å²) in [6.07, 6.45) is 3.44. The molecule has 0 saturated carbocycles. The minimum absolute atomic E-state index is 0.200. The molecule has 0 bridgehead atoms. The fraction of sp³-hybridized carbons (Fsp3) is 0.0833. The lowest BCUT2D eigenvalue weighted by atomic mass is 10.3. The van der Waals surface area contributed by atoms with E-state index >= 15 is 0 Å². The molecule has 1 aromatic carbocycles. The molecule has 0 atom stereocenters. The monoisotopic (exact) mass is 279 g/mol. The normalized spacial score (nSPS) is 10.1. The molecule has 0 aliphatic carbocycles. The number of ether oxygens (including phenoxy) is 1. The van der Waals surface area contributed by atoms with Crippen molar-refractivity contribution in [3.8, 4) is 11.5 Å². The zero-order valence-electron chi connectivity index (χ0n) is 8.43. The van der Waals surface area contributed by atoms with Gasteiger partial charge in [-0.25, -0.2) is 0 Å². The highest BCUT2D eigenvalue weighted by Gasteiger charge is 2.00. The summed E-state index contributed by atoms with van der Waals surface area (Å²) < 4.78 is 6.45. The Hall–Kier alpha value is -1.55. The van der Waals surface area contributed by atoms with Gasteiger partial charge in [-0.2, -0.15) is 0 Å². The highest BCUT2D eigenvalue weighted by Crippen LogP contribution is 2.21. The number of pyridine rings is 1. The van der Waals surface area contributed by atoms with E-state index in [9.17, 15) is 5.11 Å². The molecule has 0 aliphatic rings. The Morgan fingerprint density at radius 3 is 2.94 bits per heavy atom. The van der Waals surface area contributed by atoms with Gasteiger partial charge in [0.1, 0.15) is 18.1 Å². The van der Waals surface area contributed by atoms with Crippen molar-refractivity contribution in [1.29, 1.82) is 0 Å². The number of hydrogen-bond acceptors (Lipinski definition) is 3. The molecule has 1 heterocycles. The van der Waals surface area contributed by atoms with Crippen LogP contribution in [0.15, 0.2) is 47.2 Å². The summed E-state index contributed by atoms with van der Waals surface area (Å²) in [5.41, 5.74) is 1.01. The first kappa shape index (κ1) is 11.0. The highest BCUT2D eigenvalue weighted by atomic mass is 79.9. The van der Waals surface area contributed by atoms with Crippen molar-refractivity contribution in [2.45, 2.75) is 6.61 Å². The summed E-state index contributed by atoms with van der Waals surface area (Å²) in [6, 6.07) is 8.61. The number of aromatic nitrogens is 1. The third-order valence-corrected chi connectivity index (χ3v) is 2.78. The third kappa shape index (κ3) is 2.73. The molecule has 4 heteroatoms. The van der Waals surface area contributed by atoms with E-state index in [1.807, 2.05) is 6.07 Å². The predicted molar refractivity (Wildman–Crippen MR) is 64.4 cm³/mol. The van der Waals surface area contributed by atoms with Gasteiger partial charge in [-0.05, 0) is 34.1 Å². The van der Waals surface area contributed by atoms with E-state index in [0.717, 1.165) is 10.0 Å². The summed E-state index contributed by atoms with van der Waals surface area (Å²) >= 11 is 3.39. The average Bonchev–Trinajstić information content (AvgIpc) is 2.28. The van der Waals surface area contributed by atoms with Crippen LogP contribution in [0.4, 0.5) is 0 Å². The summed E-state index contributed by atoms with van der Waals surface area (Å²) in [4.78, 5) is 3.97. The van der Waals surface area contributed by atoms with Crippen LogP contribution in [0.5, 0.6) is 11.5 Å². The Balaban J connectivity index is 2.05. The molecule has 0 unspecified atom stereocenters. The molecule has 2 rings (SSSR count). The van der Waals surface area contributed by atoms with Crippen molar-refractivity contribution >= 4 is 15.9 Å². The number of hydrogen-bond donors (Lipinski definition) is 1. The first-order valence-corrected chi connectivity index (χ1v) is 5.55. The Kier molecular flexibility index (Phi) is 3.41. The molecular formula is C12H10BrNO2. The highest BCUT2D eigenvalue weighted by molar-refractivity contribution is 9.10.